The van der Waals surface area contributed by atoms with Gasteiger partial charge in [0.15, 0.2) is 0 Å². The monoisotopic (exact) mass is 331 g/mol. The van der Waals surface area contributed by atoms with E-state index in [4.69, 9.17) is 0 Å². The van der Waals surface area contributed by atoms with Gasteiger partial charge in [0.2, 0.25) is 5.91 Å². The molecule has 5 rings (SSSR count). The van der Waals surface area contributed by atoms with E-state index in [1.807, 2.05) is 0 Å². The van der Waals surface area contributed by atoms with Crippen LogP contribution in [0.2, 0.25) is 0 Å². The van der Waals surface area contributed by atoms with Gasteiger partial charge in [-0.15, -0.1) is 0 Å². The first-order valence-corrected chi connectivity index (χ1v) is 8.92. The van der Waals surface area contributed by atoms with Gasteiger partial charge in [-0.25, -0.2) is 4.79 Å². The zero-order valence-electron chi connectivity index (χ0n) is 14.4. The summed E-state index contributed by atoms with van der Waals surface area (Å²) in [7, 11) is 3.01. The molecule has 4 bridgehead atoms. The highest BCUT2D eigenvalue weighted by atomic mass is 16.2. The maximum atomic E-state index is 12.6. The molecule has 4 fully saturated rings. The molecule has 0 radical (unpaired) electrons. The van der Waals surface area contributed by atoms with Crippen molar-refractivity contribution in [1.29, 1.82) is 0 Å². The first-order chi connectivity index (χ1) is 11.3. The lowest BCUT2D eigenvalue weighted by Crippen LogP contribution is -2.47. The molecule has 1 N–H and O–H groups in total. The highest BCUT2D eigenvalue weighted by Gasteiger charge is 2.51. The molecule has 1 aromatic rings. The molecule has 0 aromatic carbocycles. The topological polar surface area (TPSA) is 73.1 Å². The molecule has 6 nitrogen and oxygen atoms in total. The van der Waals surface area contributed by atoms with E-state index in [9.17, 15) is 14.4 Å². The molecular weight excluding hydrogens is 306 g/mol. The minimum Gasteiger partial charge on any atom is -0.312 e. The molecule has 130 valence electrons. The fourth-order valence-electron chi connectivity index (χ4n) is 5.89. The molecule has 1 heterocycles. The Bertz CT molecular complexity index is 769. The average Bonchev–Trinajstić information content (AvgIpc) is 2.48. The minimum atomic E-state index is -0.424. The highest BCUT2D eigenvalue weighted by molar-refractivity contribution is 5.90. The highest BCUT2D eigenvalue weighted by Crippen LogP contribution is 2.61. The summed E-state index contributed by atoms with van der Waals surface area (Å²) >= 11 is 0. The first kappa shape index (κ1) is 15.7. The van der Waals surface area contributed by atoms with Gasteiger partial charge in [0.05, 0.1) is 0 Å². The number of nitrogens with zero attached hydrogens (tertiary/aromatic N) is 2. The maximum Gasteiger partial charge on any atom is 0.332 e. The Kier molecular flexibility index (Phi) is 3.48. The predicted molar refractivity (Wildman–Crippen MR) is 90.8 cm³/mol. The lowest BCUT2D eigenvalue weighted by atomic mass is 9.49. The van der Waals surface area contributed by atoms with E-state index in [0.29, 0.717) is 6.42 Å². The van der Waals surface area contributed by atoms with Gasteiger partial charge in [0.25, 0.3) is 5.56 Å². The standard InChI is InChI=1S/C18H25N3O3/c1-20-14(6-16(23)21(2)17(20)24)19-15(22)10-18-7-11-3-12(8-18)5-13(4-11)9-18/h6,11-13H,3-5,7-10H2,1-2H3,(H,19,22). The zero-order chi connectivity index (χ0) is 17.1. The molecule has 0 unspecified atom stereocenters. The lowest BCUT2D eigenvalue weighted by Gasteiger charge is -2.56. The summed E-state index contributed by atoms with van der Waals surface area (Å²) in [5.74, 6) is 2.63. The fourth-order valence-corrected chi connectivity index (χ4v) is 5.89. The Hall–Kier alpha value is -1.85. The van der Waals surface area contributed by atoms with E-state index < -0.39 is 11.2 Å². The number of carbonyl (C=O) groups excluding carboxylic acids is 1. The predicted octanol–water partition coefficient (Wildman–Crippen LogP) is 1.63. The molecule has 0 atom stereocenters. The van der Waals surface area contributed by atoms with Crippen LogP contribution < -0.4 is 16.6 Å². The second kappa shape index (κ2) is 5.33. The third-order valence-corrected chi connectivity index (χ3v) is 6.49. The van der Waals surface area contributed by atoms with Crippen LogP contribution in [-0.4, -0.2) is 15.0 Å². The molecule has 1 aromatic heterocycles. The Morgan fingerprint density at radius 3 is 2.17 bits per heavy atom. The summed E-state index contributed by atoms with van der Waals surface area (Å²) < 4.78 is 2.35. The van der Waals surface area contributed by atoms with Crippen LogP contribution in [0.3, 0.4) is 0 Å². The fraction of sp³-hybridized carbons (Fsp3) is 0.722. The summed E-state index contributed by atoms with van der Waals surface area (Å²) in [5.41, 5.74) is -0.673. The molecule has 24 heavy (non-hydrogen) atoms. The summed E-state index contributed by atoms with van der Waals surface area (Å²) in [6, 6.07) is 1.32. The smallest absolute Gasteiger partial charge is 0.312 e. The van der Waals surface area contributed by atoms with Crippen molar-refractivity contribution in [2.24, 2.45) is 37.3 Å². The molecule has 0 aliphatic heterocycles. The van der Waals surface area contributed by atoms with E-state index in [-0.39, 0.29) is 17.1 Å². The normalized spacial score (nSPS) is 33.7. The van der Waals surface area contributed by atoms with Gasteiger partial charge in [-0.2, -0.15) is 0 Å². The molecular formula is C18H25N3O3. The van der Waals surface area contributed by atoms with Crippen molar-refractivity contribution in [1.82, 2.24) is 9.13 Å². The van der Waals surface area contributed by atoms with Crippen LogP contribution in [0, 0.1) is 23.2 Å². The number of anilines is 1. The zero-order valence-corrected chi connectivity index (χ0v) is 14.4. The second-order valence-electron chi connectivity index (χ2n) is 8.41. The van der Waals surface area contributed by atoms with Crippen molar-refractivity contribution < 1.29 is 4.79 Å². The quantitative estimate of drug-likeness (QED) is 0.915. The van der Waals surface area contributed by atoms with E-state index in [2.05, 4.69) is 5.32 Å². The van der Waals surface area contributed by atoms with Crippen molar-refractivity contribution in [3.63, 3.8) is 0 Å². The number of nitrogens with one attached hydrogen (secondary N) is 1. The Labute approximate surface area is 140 Å². The molecule has 4 saturated carbocycles. The van der Waals surface area contributed by atoms with E-state index in [1.54, 1.807) is 7.05 Å². The van der Waals surface area contributed by atoms with Gasteiger partial charge >= 0.3 is 5.69 Å². The first-order valence-electron chi connectivity index (χ1n) is 8.92. The number of rotatable bonds is 3. The molecule has 0 spiro atoms. The third kappa shape index (κ3) is 2.52. The number of amides is 1. The Morgan fingerprint density at radius 2 is 1.62 bits per heavy atom. The Balaban J connectivity index is 1.52. The summed E-state index contributed by atoms with van der Waals surface area (Å²) in [4.78, 5) is 36.4. The lowest BCUT2D eigenvalue weighted by molar-refractivity contribution is -0.124. The van der Waals surface area contributed by atoms with Gasteiger partial charge in [-0.05, 0) is 61.7 Å². The van der Waals surface area contributed by atoms with Crippen molar-refractivity contribution in [2.45, 2.75) is 44.9 Å². The van der Waals surface area contributed by atoms with Crippen LogP contribution in [-0.2, 0) is 18.9 Å². The van der Waals surface area contributed by atoms with Gasteiger partial charge in [0.1, 0.15) is 5.82 Å². The summed E-state index contributed by atoms with van der Waals surface area (Å²) in [6.07, 6.45) is 8.07. The number of aromatic nitrogens is 2. The van der Waals surface area contributed by atoms with Crippen molar-refractivity contribution >= 4 is 11.7 Å². The average molecular weight is 331 g/mol. The molecule has 0 saturated heterocycles. The van der Waals surface area contributed by atoms with E-state index in [0.717, 1.165) is 22.3 Å². The van der Waals surface area contributed by atoms with E-state index >= 15 is 0 Å². The van der Waals surface area contributed by atoms with Crippen molar-refractivity contribution in [3.8, 4) is 0 Å². The largest absolute Gasteiger partial charge is 0.332 e. The van der Waals surface area contributed by atoms with Crippen LogP contribution in [0.25, 0.3) is 0 Å². The Morgan fingerprint density at radius 1 is 1.08 bits per heavy atom. The number of hydrogen-bond donors (Lipinski definition) is 1. The summed E-state index contributed by atoms with van der Waals surface area (Å²) in [6.45, 7) is 0. The van der Waals surface area contributed by atoms with Crippen LogP contribution >= 0.6 is 0 Å². The van der Waals surface area contributed by atoms with Gasteiger partial charge in [-0.1, -0.05) is 0 Å². The van der Waals surface area contributed by atoms with Crippen LogP contribution in [0.5, 0.6) is 0 Å². The van der Waals surface area contributed by atoms with Gasteiger partial charge in [0, 0.05) is 26.6 Å². The molecule has 4 aliphatic carbocycles. The van der Waals surface area contributed by atoms with Gasteiger partial charge in [-0.3, -0.25) is 18.7 Å². The van der Waals surface area contributed by atoms with Crippen LogP contribution in [0.4, 0.5) is 5.82 Å². The van der Waals surface area contributed by atoms with Crippen LogP contribution in [0.15, 0.2) is 15.7 Å². The molecule has 4 aliphatic rings. The SMILES string of the molecule is Cn1c(NC(=O)CC23CC4CC(CC(C4)C2)C3)cc(=O)n(C)c1=O. The molecule has 6 heteroatoms. The van der Waals surface area contributed by atoms with E-state index in [1.165, 1.54) is 56.2 Å². The third-order valence-electron chi connectivity index (χ3n) is 6.49. The van der Waals surface area contributed by atoms with Gasteiger partial charge < -0.3 is 5.32 Å². The maximum absolute atomic E-state index is 12.6. The summed E-state index contributed by atoms with van der Waals surface area (Å²) in [5, 5.41) is 2.80. The van der Waals surface area contributed by atoms with Crippen molar-refractivity contribution in [2.75, 3.05) is 5.32 Å². The minimum absolute atomic E-state index is 0.0693. The number of carbonyl (C=O) groups is 1. The second-order valence-corrected chi connectivity index (χ2v) is 8.41. The number of hydrogen-bond acceptors (Lipinski definition) is 3. The van der Waals surface area contributed by atoms with Crippen LogP contribution in [0.1, 0.15) is 44.9 Å². The van der Waals surface area contributed by atoms with Crippen molar-refractivity contribution in [3.05, 3.63) is 26.9 Å². The molecule has 1 amide bonds.